The van der Waals surface area contributed by atoms with Crippen LogP contribution in [-0.4, -0.2) is 41.6 Å². The highest BCUT2D eigenvalue weighted by atomic mass is 19.4. The van der Waals surface area contributed by atoms with Gasteiger partial charge in [-0.1, -0.05) is 19.9 Å². The van der Waals surface area contributed by atoms with Gasteiger partial charge >= 0.3 is 6.18 Å². The summed E-state index contributed by atoms with van der Waals surface area (Å²) >= 11 is 0. The Labute approximate surface area is 172 Å². The summed E-state index contributed by atoms with van der Waals surface area (Å²) in [6.07, 6.45) is -2.75. The number of amides is 1. The van der Waals surface area contributed by atoms with Crippen molar-refractivity contribution >= 4 is 22.7 Å². The van der Waals surface area contributed by atoms with Crippen molar-refractivity contribution in [3.8, 4) is 0 Å². The van der Waals surface area contributed by atoms with E-state index in [4.69, 9.17) is 4.42 Å². The number of nitrogens with zero attached hydrogens (tertiary/aromatic N) is 3. The van der Waals surface area contributed by atoms with Gasteiger partial charge in [0.05, 0.1) is 17.3 Å². The summed E-state index contributed by atoms with van der Waals surface area (Å²) in [5, 5.41) is 0. The van der Waals surface area contributed by atoms with Crippen molar-refractivity contribution in [3.63, 3.8) is 0 Å². The first-order valence-corrected chi connectivity index (χ1v) is 10.0. The molecule has 0 spiro atoms. The van der Waals surface area contributed by atoms with E-state index in [0.717, 1.165) is 11.6 Å². The molecule has 0 aliphatic carbocycles. The Morgan fingerprint density at radius 3 is 2.50 bits per heavy atom. The highest BCUT2D eigenvalue weighted by Crippen LogP contribution is 2.32. The Morgan fingerprint density at radius 2 is 1.83 bits per heavy atom. The maximum atomic E-state index is 13.2. The van der Waals surface area contributed by atoms with Crippen molar-refractivity contribution in [1.29, 1.82) is 0 Å². The van der Waals surface area contributed by atoms with Crippen LogP contribution in [-0.2, 0) is 12.7 Å². The van der Waals surface area contributed by atoms with E-state index < -0.39 is 11.7 Å². The average Bonchev–Trinajstić information content (AvgIpc) is 3.29. The van der Waals surface area contributed by atoms with E-state index in [2.05, 4.69) is 13.8 Å². The second-order valence-corrected chi connectivity index (χ2v) is 8.03. The van der Waals surface area contributed by atoms with Gasteiger partial charge in [0.15, 0.2) is 5.58 Å². The van der Waals surface area contributed by atoms with Crippen LogP contribution in [0.2, 0.25) is 0 Å². The number of alkyl halides is 3. The van der Waals surface area contributed by atoms with Crippen LogP contribution in [0.25, 0.3) is 11.1 Å². The zero-order valence-corrected chi connectivity index (χ0v) is 16.9. The van der Waals surface area contributed by atoms with Gasteiger partial charge in [0.1, 0.15) is 5.69 Å². The molecule has 30 heavy (non-hydrogen) atoms. The van der Waals surface area contributed by atoms with E-state index in [1.807, 2.05) is 15.5 Å². The number of halogens is 3. The lowest BCUT2D eigenvalue weighted by molar-refractivity contribution is -0.137. The molecule has 8 heteroatoms. The number of carbonyl (C=O) groups excluding carboxylic acids is 1. The molecule has 3 aromatic rings. The van der Waals surface area contributed by atoms with E-state index in [9.17, 15) is 18.0 Å². The van der Waals surface area contributed by atoms with Gasteiger partial charge in [0, 0.05) is 50.5 Å². The van der Waals surface area contributed by atoms with Gasteiger partial charge < -0.3 is 18.8 Å². The molecule has 1 saturated heterocycles. The lowest BCUT2D eigenvalue weighted by atomic mass is 10.1. The normalized spacial score (nSPS) is 15.4. The third-order valence-corrected chi connectivity index (χ3v) is 5.40. The monoisotopic (exact) mass is 419 g/mol. The largest absolute Gasteiger partial charge is 0.463 e. The molecular formula is C22H24F3N3O2. The maximum absolute atomic E-state index is 13.2. The summed E-state index contributed by atoms with van der Waals surface area (Å²) in [7, 11) is 0. The summed E-state index contributed by atoms with van der Waals surface area (Å²) in [6.45, 7) is 6.74. The summed E-state index contributed by atoms with van der Waals surface area (Å²) in [6, 6.07) is 8.97. The number of rotatable bonds is 4. The Morgan fingerprint density at radius 1 is 1.10 bits per heavy atom. The van der Waals surface area contributed by atoms with Crippen LogP contribution in [0.5, 0.6) is 0 Å². The molecular weight excluding hydrogens is 395 g/mol. The summed E-state index contributed by atoms with van der Waals surface area (Å²) < 4.78 is 46.5. The molecule has 0 N–H and O–H groups in total. The first-order valence-electron chi connectivity index (χ1n) is 10.0. The third kappa shape index (κ3) is 3.91. The minimum Gasteiger partial charge on any atom is -0.463 e. The van der Waals surface area contributed by atoms with Crippen LogP contribution < -0.4 is 4.90 Å². The average molecular weight is 419 g/mol. The van der Waals surface area contributed by atoms with Crippen LogP contribution in [0, 0.1) is 5.92 Å². The predicted octanol–water partition coefficient (Wildman–Crippen LogP) is 4.87. The van der Waals surface area contributed by atoms with Crippen LogP contribution in [0.15, 0.2) is 47.1 Å². The third-order valence-electron chi connectivity index (χ3n) is 5.40. The Hall–Kier alpha value is -2.90. The second kappa shape index (κ2) is 7.74. The van der Waals surface area contributed by atoms with E-state index in [-0.39, 0.29) is 5.91 Å². The van der Waals surface area contributed by atoms with Gasteiger partial charge in [-0.3, -0.25) is 4.79 Å². The molecule has 0 saturated carbocycles. The quantitative estimate of drug-likeness (QED) is 0.606. The SMILES string of the molecule is CC(C)Cn1c(C(=O)N2CCN(c3cccc(C(F)(F)F)c3)CC2)cc2occc21. The minimum atomic E-state index is -4.37. The highest BCUT2D eigenvalue weighted by molar-refractivity contribution is 5.97. The van der Waals surface area contributed by atoms with Crippen molar-refractivity contribution in [3.05, 3.63) is 53.9 Å². The molecule has 1 fully saturated rings. The molecule has 0 atom stereocenters. The van der Waals surface area contributed by atoms with Crippen LogP contribution in [0.3, 0.4) is 0 Å². The fourth-order valence-electron chi connectivity index (χ4n) is 3.92. The topological polar surface area (TPSA) is 41.6 Å². The number of anilines is 1. The summed E-state index contributed by atoms with van der Waals surface area (Å²) in [5.41, 5.74) is 2.03. The molecule has 0 unspecified atom stereocenters. The zero-order chi connectivity index (χ0) is 21.5. The minimum absolute atomic E-state index is 0.0780. The van der Waals surface area contributed by atoms with Crippen LogP contribution in [0.4, 0.5) is 18.9 Å². The second-order valence-electron chi connectivity index (χ2n) is 8.03. The van der Waals surface area contributed by atoms with Gasteiger partial charge in [-0.2, -0.15) is 13.2 Å². The number of furan rings is 1. The summed E-state index contributed by atoms with van der Waals surface area (Å²) in [5.74, 6) is 0.283. The van der Waals surface area contributed by atoms with E-state index in [0.29, 0.717) is 55.6 Å². The van der Waals surface area contributed by atoms with Crippen molar-refractivity contribution in [2.45, 2.75) is 26.6 Å². The fourth-order valence-corrected chi connectivity index (χ4v) is 3.92. The summed E-state index contributed by atoms with van der Waals surface area (Å²) in [4.78, 5) is 16.8. The first kappa shape index (κ1) is 20.4. The molecule has 1 aromatic carbocycles. The molecule has 1 aliphatic rings. The highest BCUT2D eigenvalue weighted by Gasteiger charge is 2.31. The van der Waals surface area contributed by atoms with E-state index >= 15 is 0 Å². The fraction of sp³-hybridized carbons (Fsp3) is 0.409. The van der Waals surface area contributed by atoms with Crippen LogP contribution in [0.1, 0.15) is 29.9 Å². The molecule has 1 aliphatic heterocycles. The van der Waals surface area contributed by atoms with Gasteiger partial charge in [0.25, 0.3) is 5.91 Å². The van der Waals surface area contributed by atoms with Crippen molar-refractivity contribution in [1.82, 2.24) is 9.47 Å². The number of fused-ring (bicyclic) bond motifs is 1. The molecule has 5 nitrogen and oxygen atoms in total. The van der Waals surface area contributed by atoms with Crippen molar-refractivity contribution in [2.24, 2.45) is 5.92 Å². The molecule has 2 aromatic heterocycles. The molecule has 0 bridgehead atoms. The first-order chi connectivity index (χ1) is 14.2. The number of carbonyl (C=O) groups is 1. The van der Waals surface area contributed by atoms with Gasteiger partial charge in [-0.25, -0.2) is 0 Å². The Balaban J connectivity index is 1.49. The number of hydrogen-bond donors (Lipinski definition) is 0. The maximum Gasteiger partial charge on any atom is 0.416 e. The predicted molar refractivity (Wildman–Crippen MR) is 109 cm³/mol. The molecule has 1 amide bonds. The van der Waals surface area contributed by atoms with Crippen LogP contribution >= 0.6 is 0 Å². The molecule has 0 radical (unpaired) electrons. The van der Waals surface area contributed by atoms with E-state index in [1.54, 1.807) is 23.3 Å². The molecule has 160 valence electrons. The standard InChI is InChI=1S/C22H24F3N3O2/c1-15(2)14-28-18-6-11-30-20(18)13-19(28)21(29)27-9-7-26(8-10-27)17-5-3-4-16(12-17)22(23,24)25/h3-6,11-13,15H,7-10,14H2,1-2H3. The Bertz CT molecular complexity index is 1040. The zero-order valence-electron chi connectivity index (χ0n) is 16.9. The van der Waals surface area contributed by atoms with Gasteiger partial charge in [-0.15, -0.1) is 0 Å². The van der Waals surface area contributed by atoms with Crippen molar-refractivity contribution < 1.29 is 22.4 Å². The Kier molecular flexibility index (Phi) is 5.26. The lowest BCUT2D eigenvalue weighted by Gasteiger charge is -2.36. The number of benzene rings is 1. The van der Waals surface area contributed by atoms with Crippen molar-refractivity contribution in [2.75, 3.05) is 31.1 Å². The van der Waals surface area contributed by atoms with Gasteiger partial charge in [0.2, 0.25) is 0 Å². The molecule has 4 rings (SSSR count). The van der Waals surface area contributed by atoms with E-state index in [1.165, 1.54) is 12.1 Å². The smallest absolute Gasteiger partial charge is 0.416 e. The number of aromatic nitrogens is 1. The molecule has 3 heterocycles. The number of piperazine rings is 1. The number of hydrogen-bond acceptors (Lipinski definition) is 3. The van der Waals surface area contributed by atoms with Gasteiger partial charge in [-0.05, 0) is 24.1 Å². The lowest BCUT2D eigenvalue weighted by Crippen LogP contribution is -2.49.